The van der Waals surface area contributed by atoms with Crippen molar-refractivity contribution in [2.45, 2.75) is 45.4 Å². The Morgan fingerprint density at radius 1 is 0.840 bits per heavy atom. The number of hydrogen-bond acceptors (Lipinski definition) is 3. The summed E-state index contributed by atoms with van der Waals surface area (Å²) in [4.78, 5) is 7.07. The molecule has 0 aliphatic carbocycles. The normalized spacial score (nSPS) is 20.0. The van der Waals surface area contributed by atoms with E-state index in [0.29, 0.717) is 0 Å². The maximum absolute atomic E-state index is 6.25. The topological polar surface area (TPSA) is 47.1 Å². The Kier molecular flexibility index (Phi) is 4.58. The Morgan fingerprint density at radius 2 is 1.40 bits per heavy atom. The van der Waals surface area contributed by atoms with Gasteiger partial charge in [-0.05, 0) is 51.6 Å². The molecular weight excluding hydrogens is 328 g/mol. The summed E-state index contributed by atoms with van der Waals surface area (Å²) in [5, 5.41) is 1.20. The van der Waals surface area contributed by atoms with Crippen LogP contribution in [0.5, 0.6) is 0 Å². The van der Waals surface area contributed by atoms with E-state index < -0.39 is 8.56 Å². The van der Waals surface area contributed by atoms with Crippen LogP contribution in [0.4, 0.5) is 0 Å². The highest BCUT2D eigenvalue weighted by molar-refractivity contribution is 6.80. The molecule has 5 heteroatoms. The van der Waals surface area contributed by atoms with E-state index in [1.54, 1.807) is 6.33 Å². The first-order valence-electron chi connectivity index (χ1n) is 8.58. The number of aromatic nitrogens is 2. The van der Waals surface area contributed by atoms with E-state index in [1.807, 2.05) is 42.5 Å². The third-order valence-corrected chi connectivity index (χ3v) is 8.16. The highest BCUT2D eigenvalue weighted by Crippen LogP contribution is 2.41. The van der Waals surface area contributed by atoms with Gasteiger partial charge in [0.1, 0.15) is 0 Å². The summed E-state index contributed by atoms with van der Waals surface area (Å²) in [5.74, 6) is 0. The van der Waals surface area contributed by atoms with Crippen molar-refractivity contribution in [1.82, 2.24) is 9.97 Å². The molecule has 4 nitrogen and oxygen atoms in total. The minimum atomic E-state index is -2.23. The average molecular weight is 355 g/mol. The van der Waals surface area contributed by atoms with Gasteiger partial charge in [-0.15, -0.1) is 0 Å². The summed E-state index contributed by atoms with van der Waals surface area (Å²) in [6.45, 7) is 10.5. The van der Waals surface area contributed by atoms with Crippen molar-refractivity contribution in [2.24, 2.45) is 0 Å². The van der Waals surface area contributed by atoms with Crippen LogP contribution in [0.15, 0.2) is 60.9 Å². The fourth-order valence-corrected chi connectivity index (χ4v) is 6.49. The zero-order valence-corrected chi connectivity index (χ0v) is 16.5. The standard InChI is InChI=1S/C13H20O2Si.C7H6N2/c1-12(2)13(3,4)15-16(5,14-12)11-9-7-6-8-10-11;1-2-4-7-6(3-1)8-5-9-7/h6-10H,1-5H3;1-5H,(H,8,9). The van der Waals surface area contributed by atoms with Gasteiger partial charge >= 0.3 is 8.56 Å². The van der Waals surface area contributed by atoms with Gasteiger partial charge in [-0.3, -0.25) is 0 Å². The van der Waals surface area contributed by atoms with Gasteiger partial charge in [0.05, 0.1) is 28.6 Å². The van der Waals surface area contributed by atoms with E-state index in [0.717, 1.165) is 11.0 Å². The number of aromatic amines is 1. The molecule has 0 bridgehead atoms. The molecule has 1 aliphatic rings. The number of para-hydroxylation sites is 2. The van der Waals surface area contributed by atoms with Gasteiger partial charge in [0.2, 0.25) is 0 Å². The lowest BCUT2D eigenvalue weighted by molar-refractivity contribution is 0.00578. The van der Waals surface area contributed by atoms with E-state index in [4.69, 9.17) is 8.85 Å². The van der Waals surface area contributed by atoms with Crippen LogP contribution in [0.3, 0.4) is 0 Å². The molecule has 132 valence electrons. The third-order valence-electron chi connectivity index (χ3n) is 4.98. The molecule has 2 heterocycles. The molecule has 0 unspecified atom stereocenters. The number of imidazole rings is 1. The molecule has 1 aromatic heterocycles. The lowest BCUT2D eigenvalue weighted by atomic mass is 9.90. The Morgan fingerprint density at radius 3 is 2.00 bits per heavy atom. The largest absolute Gasteiger partial charge is 0.383 e. The van der Waals surface area contributed by atoms with Crippen LogP contribution in [0.1, 0.15) is 27.7 Å². The zero-order chi connectivity index (χ0) is 18.1. The Bertz CT molecular complexity index is 797. The lowest BCUT2D eigenvalue weighted by Gasteiger charge is -2.31. The smallest absolute Gasteiger partial charge is 0.370 e. The fourth-order valence-electron chi connectivity index (χ4n) is 2.98. The molecule has 0 amide bonds. The Balaban J connectivity index is 0.000000170. The van der Waals surface area contributed by atoms with Crippen molar-refractivity contribution in [1.29, 1.82) is 0 Å². The predicted molar refractivity (Wildman–Crippen MR) is 104 cm³/mol. The number of nitrogens with one attached hydrogen (secondary N) is 1. The van der Waals surface area contributed by atoms with Gasteiger partial charge in [-0.1, -0.05) is 42.5 Å². The van der Waals surface area contributed by atoms with Crippen molar-refractivity contribution in [3.8, 4) is 0 Å². The number of benzene rings is 2. The maximum atomic E-state index is 6.25. The van der Waals surface area contributed by atoms with E-state index in [1.165, 1.54) is 5.19 Å². The van der Waals surface area contributed by atoms with Crippen molar-refractivity contribution >= 4 is 24.8 Å². The van der Waals surface area contributed by atoms with Crippen molar-refractivity contribution in [3.05, 3.63) is 60.9 Å². The van der Waals surface area contributed by atoms with Crippen molar-refractivity contribution in [3.63, 3.8) is 0 Å². The van der Waals surface area contributed by atoms with E-state index in [9.17, 15) is 0 Å². The van der Waals surface area contributed by atoms with Gasteiger partial charge in [0, 0.05) is 0 Å². The Labute approximate surface area is 150 Å². The molecule has 3 aromatic rings. The molecule has 0 spiro atoms. The minimum absolute atomic E-state index is 0.232. The van der Waals surface area contributed by atoms with Gasteiger partial charge in [-0.25, -0.2) is 4.98 Å². The van der Waals surface area contributed by atoms with Gasteiger partial charge in [0.15, 0.2) is 0 Å². The van der Waals surface area contributed by atoms with Crippen LogP contribution in [0.2, 0.25) is 6.55 Å². The molecule has 4 rings (SSSR count). The third kappa shape index (κ3) is 3.54. The molecule has 25 heavy (non-hydrogen) atoms. The molecule has 0 radical (unpaired) electrons. The van der Waals surface area contributed by atoms with Crippen LogP contribution >= 0.6 is 0 Å². The summed E-state index contributed by atoms with van der Waals surface area (Å²) in [7, 11) is -2.23. The molecule has 0 atom stereocenters. The van der Waals surface area contributed by atoms with E-state index >= 15 is 0 Å². The second-order valence-corrected chi connectivity index (χ2v) is 10.3. The monoisotopic (exact) mass is 354 g/mol. The number of fused-ring (bicyclic) bond motifs is 1. The zero-order valence-electron chi connectivity index (χ0n) is 15.5. The molecule has 1 saturated heterocycles. The van der Waals surface area contributed by atoms with E-state index in [2.05, 4.69) is 56.3 Å². The van der Waals surface area contributed by atoms with Crippen LogP contribution in [0, 0.1) is 0 Å². The lowest BCUT2D eigenvalue weighted by Crippen LogP contribution is -2.48. The number of H-pyrrole nitrogens is 1. The summed E-state index contributed by atoms with van der Waals surface area (Å²) in [6.07, 6.45) is 1.70. The van der Waals surface area contributed by atoms with Crippen molar-refractivity contribution < 1.29 is 8.85 Å². The summed E-state index contributed by atoms with van der Waals surface area (Å²) in [5.41, 5.74) is 1.66. The van der Waals surface area contributed by atoms with Crippen LogP contribution in [-0.4, -0.2) is 29.7 Å². The number of rotatable bonds is 1. The quantitative estimate of drug-likeness (QED) is 0.668. The van der Waals surface area contributed by atoms with E-state index in [-0.39, 0.29) is 11.2 Å². The van der Waals surface area contributed by atoms with Crippen LogP contribution in [0.25, 0.3) is 11.0 Å². The predicted octanol–water partition coefficient (Wildman–Crippen LogP) is 4.13. The number of nitrogens with zero attached hydrogens (tertiary/aromatic N) is 1. The summed E-state index contributed by atoms with van der Waals surface area (Å²) in [6, 6.07) is 18.2. The second kappa shape index (κ2) is 6.41. The maximum Gasteiger partial charge on any atom is 0.370 e. The first-order chi connectivity index (χ1) is 11.7. The van der Waals surface area contributed by atoms with Crippen LogP contribution < -0.4 is 5.19 Å². The SMILES string of the molecule is CC1(C)O[Si](C)(c2ccccc2)OC1(C)C.c1ccc2[nH]cnc2c1. The molecule has 1 aliphatic heterocycles. The van der Waals surface area contributed by atoms with Gasteiger partial charge in [0.25, 0.3) is 0 Å². The average Bonchev–Trinajstić information content (AvgIpc) is 3.09. The minimum Gasteiger partial charge on any atom is -0.383 e. The molecule has 1 fully saturated rings. The van der Waals surface area contributed by atoms with Gasteiger partial charge < -0.3 is 13.8 Å². The molecule has 1 N–H and O–H groups in total. The van der Waals surface area contributed by atoms with Crippen LogP contribution in [-0.2, 0) is 8.85 Å². The molecule has 0 saturated carbocycles. The number of hydrogen-bond donors (Lipinski definition) is 1. The highest BCUT2D eigenvalue weighted by Gasteiger charge is 2.57. The summed E-state index contributed by atoms with van der Waals surface area (Å²) < 4.78 is 12.5. The first kappa shape index (κ1) is 17.9. The van der Waals surface area contributed by atoms with Gasteiger partial charge in [-0.2, -0.15) is 0 Å². The summed E-state index contributed by atoms with van der Waals surface area (Å²) >= 11 is 0. The highest BCUT2D eigenvalue weighted by atomic mass is 28.4. The second-order valence-electron chi connectivity index (χ2n) is 7.46. The fraction of sp³-hybridized carbons (Fsp3) is 0.350. The molecule has 2 aromatic carbocycles. The van der Waals surface area contributed by atoms with Crippen molar-refractivity contribution in [2.75, 3.05) is 0 Å². The first-order valence-corrected chi connectivity index (χ1v) is 10.9. The molecular formula is C20H26N2O2Si. The Hall–Kier alpha value is -1.95.